The van der Waals surface area contributed by atoms with E-state index in [9.17, 15) is 14.0 Å². The summed E-state index contributed by atoms with van der Waals surface area (Å²) < 4.78 is 16.4. The Morgan fingerprint density at radius 1 is 1.35 bits per heavy atom. The number of halogens is 1. The summed E-state index contributed by atoms with van der Waals surface area (Å²) in [4.78, 5) is 22.8. The number of hydrogen-bond acceptors (Lipinski definition) is 4. The first-order valence-electron chi connectivity index (χ1n) is 6.51. The van der Waals surface area contributed by atoms with Crippen LogP contribution in [0.5, 0.6) is 0 Å². The fourth-order valence-electron chi connectivity index (χ4n) is 2.25. The van der Waals surface area contributed by atoms with Crippen molar-refractivity contribution in [3.8, 4) is 0 Å². The van der Waals surface area contributed by atoms with Crippen molar-refractivity contribution in [2.45, 2.75) is 12.8 Å². The van der Waals surface area contributed by atoms with Crippen LogP contribution in [0.3, 0.4) is 0 Å². The van der Waals surface area contributed by atoms with E-state index in [4.69, 9.17) is 0 Å². The molecule has 108 valence electrons. The number of nitrogens with zero attached hydrogens (tertiary/aromatic N) is 2. The third kappa shape index (κ3) is 3.80. The molecule has 0 N–H and O–H groups in total. The Balaban J connectivity index is 1.88. The summed E-state index contributed by atoms with van der Waals surface area (Å²) in [6.07, 6.45) is 2.28. The zero-order chi connectivity index (χ0) is 14.5. The van der Waals surface area contributed by atoms with Crippen molar-refractivity contribution < 1.29 is 14.0 Å². The Bertz CT molecular complexity index is 473. The summed E-state index contributed by atoms with van der Waals surface area (Å²) in [7, 11) is 1.70. The molecule has 6 heteroatoms. The van der Waals surface area contributed by atoms with Crippen molar-refractivity contribution >= 4 is 24.3 Å². The predicted octanol–water partition coefficient (Wildman–Crippen LogP) is 2.37. The van der Waals surface area contributed by atoms with Crippen LogP contribution < -0.4 is 0 Å². The maximum absolute atomic E-state index is 12.8. The van der Waals surface area contributed by atoms with Crippen molar-refractivity contribution in [3.63, 3.8) is 0 Å². The number of benzene rings is 1. The third-order valence-corrected chi connectivity index (χ3v) is 4.29. The topological polar surface area (TPSA) is 40.6 Å². The quantitative estimate of drug-likeness (QED) is 0.475. The maximum atomic E-state index is 12.8. The van der Waals surface area contributed by atoms with Gasteiger partial charge in [0.05, 0.1) is 0 Å². The van der Waals surface area contributed by atoms with Gasteiger partial charge in [-0.25, -0.2) is 8.70 Å². The van der Waals surface area contributed by atoms with Gasteiger partial charge < -0.3 is 0 Å². The van der Waals surface area contributed by atoms with Crippen LogP contribution in [0.1, 0.15) is 23.2 Å². The largest absolute Gasteiger partial charge is 0.294 e. The van der Waals surface area contributed by atoms with Crippen molar-refractivity contribution in [3.05, 3.63) is 35.6 Å². The lowest BCUT2D eigenvalue weighted by Crippen LogP contribution is -2.34. The molecule has 2 rings (SSSR count). The van der Waals surface area contributed by atoms with Gasteiger partial charge in [-0.1, -0.05) is 0 Å². The molecule has 1 saturated heterocycles. The van der Waals surface area contributed by atoms with Gasteiger partial charge in [0, 0.05) is 43.8 Å². The smallest absolute Gasteiger partial charge is 0.220 e. The Morgan fingerprint density at radius 3 is 2.50 bits per heavy atom. The molecule has 0 aromatic heterocycles. The number of carbonyl (C=O) groups is 2. The molecule has 0 bridgehead atoms. The molecule has 1 aliphatic heterocycles. The fraction of sp³-hybridized carbons (Fsp3) is 0.429. The van der Waals surface area contributed by atoms with Crippen molar-refractivity contribution in [1.29, 1.82) is 0 Å². The summed E-state index contributed by atoms with van der Waals surface area (Å²) >= 11 is 1.37. The van der Waals surface area contributed by atoms with Crippen molar-refractivity contribution in [1.82, 2.24) is 8.61 Å². The zero-order valence-corrected chi connectivity index (χ0v) is 12.1. The number of rotatable bonds is 5. The first-order valence-corrected chi connectivity index (χ1v) is 7.24. The molecule has 1 aromatic rings. The normalized spacial score (nSPS) is 16.9. The van der Waals surface area contributed by atoms with E-state index in [1.165, 1.54) is 28.6 Å². The van der Waals surface area contributed by atoms with Gasteiger partial charge in [0.2, 0.25) is 6.41 Å². The van der Waals surface area contributed by atoms with E-state index in [-0.39, 0.29) is 17.5 Å². The Hall–Kier alpha value is -1.40. The molecule has 1 amide bonds. The Labute approximate surface area is 122 Å². The van der Waals surface area contributed by atoms with E-state index in [2.05, 4.69) is 4.31 Å². The highest BCUT2D eigenvalue weighted by Gasteiger charge is 2.26. The van der Waals surface area contributed by atoms with Crippen LogP contribution in [0.15, 0.2) is 24.3 Å². The molecule has 1 fully saturated rings. The van der Waals surface area contributed by atoms with E-state index in [1.807, 2.05) is 0 Å². The van der Waals surface area contributed by atoms with Gasteiger partial charge in [0.1, 0.15) is 5.82 Å². The number of amides is 1. The highest BCUT2D eigenvalue weighted by Crippen LogP contribution is 2.26. The van der Waals surface area contributed by atoms with Crippen LogP contribution in [0, 0.1) is 11.7 Å². The molecule has 0 aliphatic carbocycles. The van der Waals surface area contributed by atoms with Crippen LogP contribution in [0.2, 0.25) is 0 Å². The van der Waals surface area contributed by atoms with Gasteiger partial charge in [-0.2, -0.15) is 0 Å². The molecule has 1 heterocycles. The number of hydrogen-bond donors (Lipinski definition) is 0. The monoisotopic (exact) mass is 296 g/mol. The molecule has 0 unspecified atom stereocenters. The summed E-state index contributed by atoms with van der Waals surface area (Å²) in [6, 6.07) is 5.71. The summed E-state index contributed by atoms with van der Waals surface area (Å²) in [5.74, 6) is -0.262. The van der Waals surface area contributed by atoms with Gasteiger partial charge in [-0.15, -0.1) is 0 Å². The fourth-order valence-corrected chi connectivity index (χ4v) is 3.03. The van der Waals surface area contributed by atoms with E-state index in [0.29, 0.717) is 5.56 Å². The molecule has 1 aliphatic rings. The van der Waals surface area contributed by atoms with Gasteiger partial charge in [0.25, 0.3) is 0 Å². The molecular weight excluding hydrogens is 279 g/mol. The molecule has 1 aromatic carbocycles. The predicted molar refractivity (Wildman–Crippen MR) is 76.4 cm³/mol. The lowest BCUT2D eigenvalue weighted by atomic mass is 9.90. The molecular formula is C14H17FN2O2S. The first kappa shape index (κ1) is 15.0. The van der Waals surface area contributed by atoms with E-state index in [0.717, 1.165) is 32.3 Å². The number of ketones is 1. The summed E-state index contributed by atoms with van der Waals surface area (Å²) in [5.41, 5.74) is 0.572. The standard InChI is InChI=1S/C14H17FN2O2S/c1-16(10-18)20-17-8-6-12(7-9-17)14(19)11-2-4-13(15)5-3-11/h2-5,10,12H,6-9H2,1H3. The van der Waals surface area contributed by atoms with E-state index in [1.54, 1.807) is 19.2 Å². The molecule has 0 radical (unpaired) electrons. The van der Waals surface area contributed by atoms with Gasteiger partial charge in [-0.3, -0.25) is 13.9 Å². The molecule has 4 nitrogen and oxygen atoms in total. The van der Waals surface area contributed by atoms with Crippen LogP contribution in [-0.2, 0) is 4.79 Å². The first-order chi connectivity index (χ1) is 9.60. The van der Waals surface area contributed by atoms with E-state index >= 15 is 0 Å². The van der Waals surface area contributed by atoms with Gasteiger partial charge >= 0.3 is 0 Å². The van der Waals surface area contributed by atoms with Crippen molar-refractivity contribution in [2.24, 2.45) is 5.92 Å². The van der Waals surface area contributed by atoms with Crippen LogP contribution in [0.25, 0.3) is 0 Å². The summed E-state index contributed by atoms with van der Waals surface area (Å²) in [5, 5.41) is 0. The minimum Gasteiger partial charge on any atom is -0.294 e. The van der Waals surface area contributed by atoms with Crippen molar-refractivity contribution in [2.75, 3.05) is 20.1 Å². The number of Topliss-reactive ketones (excluding diaryl/α,β-unsaturated/α-hetero) is 1. The minimum atomic E-state index is -0.329. The second kappa shape index (κ2) is 6.85. The lowest BCUT2D eigenvalue weighted by molar-refractivity contribution is -0.113. The molecule has 20 heavy (non-hydrogen) atoms. The number of piperidine rings is 1. The van der Waals surface area contributed by atoms with Crippen LogP contribution >= 0.6 is 12.1 Å². The summed E-state index contributed by atoms with van der Waals surface area (Å²) in [6.45, 7) is 1.53. The highest BCUT2D eigenvalue weighted by molar-refractivity contribution is 7.95. The van der Waals surface area contributed by atoms with Gasteiger partial charge in [0.15, 0.2) is 5.78 Å². The maximum Gasteiger partial charge on any atom is 0.220 e. The van der Waals surface area contributed by atoms with E-state index < -0.39 is 0 Å². The molecule has 0 spiro atoms. The molecule has 0 atom stereocenters. The Morgan fingerprint density at radius 2 is 1.95 bits per heavy atom. The highest BCUT2D eigenvalue weighted by atomic mass is 32.2. The average molecular weight is 296 g/mol. The van der Waals surface area contributed by atoms with Crippen LogP contribution in [0.4, 0.5) is 4.39 Å². The molecule has 0 saturated carbocycles. The lowest BCUT2D eigenvalue weighted by Gasteiger charge is -2.31. The zero-order valence-electron chi connectivity index (χ0n) is 11.3. The van der Waals surface area contributed by atoms with Crippen LogP contribution in [-0.4, -0.2) is 40.9 Å². The Kier molecular flexibility index (Phi) is 5.14. The second-order valence-corrected chi connectivity index (χ2v) is 6.06. The minimum absolute atomic E-state index is 0.0150. The average Bonchev–Trinajstić information content (AvgIpc) is 2.48. The SMILES string of the molecule is CN(C=O)SN1CCC(C(=O)c2ccc(F)cc2)CC1. The number of carbonyl (C=O) groups excluding carboxylic acids is 2. The third-order valence-electron chi connectivity index (χ3n) is 3.35. The second-order valence-electron chi connectivity index (χ2n) is 4.81. The van der Waals surface area contributed by atoms with Gasteiger partial charge in [-0.05, 0) is 37.1 Å².